The Labute approximate surface area is 158 Å². The van der Waals surface area contributed by atoms with E-state index in [0.29, 0.717) is 5.92 Å². The van der Waals surface area contributed by atoms with Gasteiger partial charge in [0.25, 0.3) is 0 Å². The molecule has 1 fully saturated rings. The molecule has 0 radical (unpaired) electrons. The normalized spacial score (nSPS) is 21.4. The maximum absolute atomic E-state index is 5.14. The number of benzene rings is 1. The van der Waals surface area contributed by atoms with E-state index in [9.17, 15) is 0 Å². The van der Waals surface area contributed by atoms with E-state index < -0.39 is 0 Å². The van der Waals surface area contributed by atoms with E-state index in [0.717, 1.165) is 36.2 Å². The van der Waals surface area contributed by atoms with Crippen molar-refractivity contribution in [2.75, 3.05) is 31.5 Å². The maximum atomic E-state index is 5.14. The van der Waals surface area contributed by atoms with Crippen LogP contribution in [0.5, 0.6) is 0 Å². The van der Waals surface area contributed by atoms with Crippen LogP contribution in [-0.2, 0) is 6.42 Å². The first-order valence-corrected chi connectivity index (χ1v) is 10.4. The Kier molecular flexibility index (Phi) is 5.13. The Morgan fingerprint density at radius 2 is 2.04 bits per heavy atom. The summed E-state index contributed by atoms with van der Waals surface area (Å²) in [5.74, 6) is 1.79. The van der Waals surface area contributed by atoms with Crippen LogP contribution in [0.15, 0.2) is 28.7 Å². The molecule has 0 aliphatic carbocycles. The molecule has 1 aromatic carbocycles. The lowest BCUT2D eigenvalue weighted by molar-refractivity contribution is 0.215. The Morgan fingerprint density at radius 3 is 2.84 bits per heavy atom. The van der Waals surface area contributed by atoms with Crippen LogP contribution in [0.2, 0.25) is 0 Å². The van der Waals surface area contributed by atoms with Gasteiger partial charge in [-0.15, -0.1) is 0 Å². The van der Waals surface area contributed by atoms with E-state index in [1.54, 1.807) is 0 Å². The Hall–Kier alpha value is -1.33. The van der Waals surface area contributed by atoms with Crippen molar-refractivity contribution in [2.24, 2.45) is 0 Å². The smallest absolute Gasteiger partial charge is 0.133 e. The highest BCUT2D eigenvalue weighted by atomic mass is 79.9. The van der Waals surface area contributed by atoms with Crippen LogP contribution < -0.4 is 5.32 Å². The summed E-state index contributed by atoms with van der Waals surface area (Å²) in [6.07, 6.45) is 6.19. The summed E-state index contributed by atoms with van der Waals surface area (Å²) in [5, 5.41) is 8.80. The van der Waals surface area contributed by atoms with Gasteiger partial charge in [0, 0.05) is 29.0 Å². The highest BCUT2D eigenvalue weighted by Crippen LogP contribution is 2.35. The standard InChI is InChI=1S/C20H27BrN4/c1-2-24-13-5-6-15(14-24)19-18-7-3-4-12-22-20(18)25(23-19)17-10-8-16(21)9-11-17/h8-11,15,22H,2-7,12-14H2,1H3. The first-order valence-electron chi connectivity index (χ1n) is 9.60. The van der Waals surface area contributed by atoms with Crippen LogP contribution in [0.1, 0.15) is 49.8 Å². The van der Waals surface area contributed by atoms with Gasteiger partial charge in [-0.25, -0.2) is 4.68 Å². The molecule has 0 bridgehead atoms. The van der Waals surface area contributed by atoms with Crippen molar-refractivity contribution >= 4 is 21.7 Å². The first-order chi connectivity index (χ1) is 12.3. The van der Waals surface area contributed by atoms with Crippen LogP contribution >= 0.6 is 15.9 Å². The van der Waals surface area contributed by atoms with Crippen LogP contribution in [0.3, 0.4) is 0 Å². The molecule has 0 spiro atoms. The molecule has 3 heterocycles. The summed E-state index contributed by atoms with van der Waals surface area (Å²) in [7, 11) is 0. The molecule has 1 unspecified atom stereocenters. The SMILES string of the molecule is CCN1CCCC(c2nn(-c3ccc(Br)cc3)c3c2CCCCN3)C1. The van der Waals surface area contributed by atoms with E-state index >= 15 is 0 Å². The van der Waals surface area contributed by atoms with Gasteiger partial charge >= 0.3 is 0 Å². The molecule has 1 saturated heterocycles. The average molecular weight is 403 g/mol. The topological polar surface area (TPSA) is 33.1 Å². The molecule has 0 saturated carbocycles. The molecule has 4 nitrogen and oxygen atoms in total. The number of hydrogen-bond donors (Lipinski definition) is 1. The fourth-order valence-electron chi connectivity index (χ4n) is 4.19. The van der Waals surface area contributed by atoms with Crippen LogP contribution in [0.25, 0.3) is 5.69 Å². The summed E-state index contributed by atoms with van der Waals surface area (Å²) in [5.41, 5.74) is 3.94. The molecule has 4 rings (SSSR count). The number of aromatic nitrogens is 2. The lowest BCUT2D eigenvalue weighted by atomic mass is 9.91. The molecule has 5 heteroatoms. The number of halogens is 1. The predicted octanol–water partition coefficient (Wildman–Crippen LogP) is 4.58. The minimum Gasteiger partial charge on any atom is -0.370 e. The number of nitrogens with one attached hydrogen (secondary N) is 1. The fourth-order valence-corrected chi connectivity index (χ4v) is 4.46. The molecule has 0 amide bonds. The zero-order chi connectivity index (χ0) is 17.2. The second-order valence-corrected chi connectivity index (χ2v) is 8.13. The van der Waals surface area contributed by atoms with Crippen molar-refractivity contribution < 1.29 is 0 Å². The van der Waals surface area contributed by atoms with Gasteiger partial charge in [0.2, 0.25) is 0 Å². The molecular formula is C20H27BrN4. The molecule has 1 aromatic heterocycles. The third kappa shape index (κ3) is 3.49. The molecule has 1 atom stereocenters. The van der Waals surface area contributed by atoms with E-state index in [1.807, 2.05) is 0 Å². The van der Waals surface area contributed by atoms with E-state index in [-0.39, 0.29) is 0 Å². The number of fused-ring (bicyclic) bond motifs is 1. The molecule has 134 valence electrons. The van der Waals surface area contributed by atoms with Crippen molar-refractivity contribution in [3.05, 3.63) is 40.0 Å². The quantitative estimate of drug-likeness (QED) is 0.814. The highest BCUT2D eigenvalue weighted by molar-refractivity contribution is 9.10. The number of anilines is 1. The van der Waals surface area contributed by atoms with Gasteiger partial charge in [-0.3, -0.25) is 0 Å². The van der Waals surface area contributed by atoms with Gasteiger partial charge in [-0.1, -0.05) is 22.9 Å². The van der Waals surface area contributed by atoms with Crippen molar-refractivity contribution in [1.29, 1.82) is 0 Å². The largest absolute Gasteiger partial charge is 0.370 e. The number of rotatable bonds is 3. The number of nitrogens with zero attached hydrogens (tertiary/aromatic N) is 3. The summed E-state index contributed by atoms with van der Waals surface area (Å²) >= 11 is 3.54. The van der Waals surface area contributed by atoms with Crippen LogP contribution in [-0.4, -0.2) is 40.9 Å². The van der Waals surface area contributed by atoms with E-state index in [1.165, 1.54) is 49.3 Å². The predicted molar refractivity (Wildman–Crippen MR) is 107 cm³/mol. The summed E-state index contributed by atoms with van der Waals surface area (Å²) in [6, 6.07) is 8.48. The molecular weight excluding hydrogens is 376 g/mol. The van der Waals surface area contributed by atoms with Crippen molar-refractivity contribution in [2.45, 2.75) is 44.9 Å². The van der Waals surface area contributed by atoms with Crippen molar-refractivity contribution in [1.82, 2.24) is 14.7 Å². The summed E-state index contributed by atoms with van der Waals surface area (Å²) in [6.45, 7) is 6.84. The second kappa shape index (κ2) is 7.50. The summed E-state index contributed by atoms with van der Waals surface area (Å²) < 4.78 is 3.25. The van der Waals surface area contributed by atoms with E-state index in [2.05, 4.69) is 62.0 Å². The van der Waals surface area contributed by atoms with Crippen LogP contribution in [0.4, 0.5) is 5.82 Å². The number of hydrogen-bond acceptors (Lipinski definition) is 3. The van der Waals surface area contributed by atoms with Gasteiger partial charge in [0.1, 0.15) is 5.82 Å². The lowest BCUT2D eigenvalue weighted by Crippen LogP contribution is -2.34. The third-order valence-corrected chi connectivity index (χ3v) is 6.10. The van der Waals surface area contributed by atoms with Gasteiger partial charge in [-0.05, 0) is 69.5 Å². The average Bonchev–Trinajstić information content (AvgIpc) is 2.84. The minimum atomic E-state index is 0.569. The molecule has 2 aliphatic heterocycles. The fraction of sp³-hybridized carbons (Fsp3) is 0.550. The van der Waals surface area contributed by atoms with Gasteiger partial charge in [0.05, 0.1) is 11.4 Å². The first kappa shape index (κ1) is 17.1. The Balaban J connectivity index is 1.75. The third-order valence-electron chi connectivity index (χ3n) is 5.57. The lowest BCUT2D eigenvalue weighted by Gasteiger charge is -2.31. The van der Waals surface area contributed by atoms with Gasteiger partial charge in [-0.2, -0.15) is 5.10 Å². The van der Waals surface area contributed by atoms with Gasteiger partial charge in [0.15, 0.2) is 0 Å². The monoisotopic (exact) mass is 402 g/mol. The molecule has 1 N–H and O–H groups in total. The second-order valence-electron chi connectivity index (χ2n) is 7.22. The Bertz CT molecular complexity index is 722. The molecule has 2 aliphatic rings. The summed E-state index contributed by atoms with van der Waals surface area (Å²) in [4.78, 5) is 2.57. The maximum Gasteiger partial charge on any atom is 0.133 e. The zero-order valence-electron chi connectivity index (χ0n) is 15.0. The highest BCUT2D eigenvalue weighted by Gasteiger charge is 2.29. The number of likely N-dealkylation sites (N-methyl/N-ethyl adjacent to an activating group) is 1. The Morgan fingerprint density at radius 1 is 1.20 bits per heavy atom. The van der Waals surface area contributed by atoms with Crippen LogP contribution in [0, 0.1) is 0 Å². The number of likely N-dealkylation sites (tertiary alicyclic amines) is 1. The van der Waals surface area contributed by atoms with Crippen molar-refractivity contribution in [3.63, 3.8) is 0 Å². The van der Waals surface area contributed by atoms with Gasteiger partial charge < -0.3 is 10.2 Å². The minimum absolute atomic E-state index is 0.569. The van der Waals surface area contributed by atoms with Crippen molar-refractivity contribution in [3.8, 4) is 5.69 Å². The zero-order valence-corrected chi connectivity index (χ0v) is 16.6. The van der Waals surface area contributed by atoms with E-state index in [4.69, 9.17) is 5.10 Å². The number of piperidine rings is 1. The molecule has 2 aromatic rings. The molecule has 25 heavy (non-hydrogen) atoms.